The molecule has 6 heteroatoms. The summed E-state index contributed by atoms with van der Waals surface area (Å²) < 4.78 is 26.2. The SMILES string of the molecule is O=C(O)C1(c2ccncc2Cl)CC1(F)F. The molecule has 1 atom stereocenters. The average molecular weight is 234 g/mol. The van der Waals surface area contributed by atoms with Gasteiger partial charge < -0.3 is 5.11 Å². The fourth-order valence-corrected chi connectivity index (χ4v) is 1.93. The Labute approximate surface area is 88.7 Å². The second-order valence-electron chi connectivity index (χ2n) is 3.45. The molecule has 2 rings (SSSR count). The number of carboxylic acid groups (broad SMARTS) is 1. The molecule has 1 aliphatic rings. The van der Waals surface area contributed by atoms with Crippen LogP contribution in [0.2, 0.25) is 5.02 Å². The molecule has 1 fully saturated rings. The zero-order chi connectivity index (χ0) is 11.3. The first-order valence-electron chi connectivity index (χ1n) is 4.13. The maximum Gasteiger partial charge on any atom is 0.320 e. The van der Waals surface area contributed by atoms with Gasteiger partial charge in [0.05, 0.1) is 5.02 Å². The standard InChI is InChI=1S/C9H6ClF2NO2/c10-6-3-13-2-1-5(6)8(7(14)15)4-9(8,11)12/h1-3H,4H2,(H,14,15). The van der Waals surface area contributed by atoms with Crippen molar-refractivity contribution < 1.29 is 18.7 Å². The van der Waals surface area contributed by atoms with Crippen molar-refractivity contribution in [3.05, 3.63) is 29.0 Å². The highest BCUT2D eigenvalue weighted by Crippen LogP contribution is 2.62. The minimum Gasteiger partial charge on any atom is -0.480 e. The number of hydrogen-bond donors (Lipinski definition) is 1. The van der Waals surface area contributed by atoms with Crippen molar-refractivity contribution in [2.75, 3.05) is 0 Å². The smallest absolute Gasteiger partial charge is 0.320 e. The molecule has 1 heterocycles. The van der Waals surface area contributed by atoms with Gasteiger partial charge in [-0.2, -0.15) is 0 Å². The summed E-state index contributed by atoms with van der Waals surface area (Å²) in [5, 5.41) is 8.81. The van der Waals surface area contributed by atoms with E-state index in [1.54, 1.807) is 0 Å². The number of aliphatic carboxylic acids is 1. The second kappa shape index (κ2) is 2.88. The second-order valence-corrected chi connectivity index (χ2v) is 3.85. The molecular weight excluding hydrogens is 228 g/mol. The lowest BCUT2D eigenvalue weighted by Crippen LogP contribution is -2.27. The maximum absolute atomic E-state index is 13.1. The van der Waals surface area contributed by atoms with Gasteiger partial charge in [-0.1, -0.05) is 11.6 Å². The molecule has 15 heavy (non-hydrogen) atoms. The van der Waals surface area contributed by atoms with Crippen LogP contribution in [0.25, 0.3) is 0 Å². The van der Waals surface area contributed by atoms with E-state index in [2.05, 4.69) is 4.98 Å². The predicted octanol–water partition coefficient (Wildman–Crippen LogP) is 2.10. The van der Waals surface area contributed by atoms with Crippen LogP contribution in [0, 0.1) is 0 Å². The summed E-state index contributed by atoms with van der Waals surface area (Å²) in [5.41, 5.74) is -2.23. The topological polar surface area (TPSA) is 50.2 Å². The van der Waals surface area contributed by atoms with E-state index in [1.165, 1.54) is 12.3 Å². The van der Waals surface area contributed by atoms with Gasteiger partial charge in [-0.15, -0.1) is 0 Å². The minimum atomic E-state index is -3.23. The molecule has 1 N–H and O–H groups in total. The maximum atomic E-state index is 13.1. The lowest BCUT2D eigenvalue weighted by Gasteiger charge is -2.12. The lowest BCUT2D eigenvalue weighted by molar-refractivity contribution is -0.142. The molecular formula is C9H6ClF2NO2. The zero-order valence-corrected chi connectivity index (χ0v) is 8.13. The van der Waals surface area contributed by atoms with Gasteiger partial charge in [0.15, 0.2) is 5.41 Å². The molecule has 0 aromatic carbocycles. The number of nitrogens with zero attached hydrogens (tertiary/aromatic N) is 1. The molecule has 1 aliphatic carbocycles. The fourth-order valence-electron chi connectivity index (χ4n) is 1.65. The Morgan fingerprint density at radius 1 is 1.60 bits per heavy atom. The number of pyridine rings is 1. The minimum absolute atomic E-state index is 0.0444. The molecule has 1 saturated carbocycles. The Bertz CT molecular complexity index is 438. The third kappa shape index (κ3) is 1.23. The molecule has 0 bridgehead atoms. The highest BCUT2D eigenvalue weighted by atomic mass is 35.5. The number of alkyl halides is 2. The molecule has 0 saturated heterocycles. The Morgan fingerprint density at radius 3 is 2.60 bits per heavy atom. The Morgan fingerprint density at radius 2 is 2.20 bits per heavy atom. The third-order valence-corrected chi connectivity index (χ3v) is 2.89. The first kappa shape index (κ1) is 10.3. The van der Waals surface area contributed by atoms with Crippen molar-refractivity contribution in [1.82, 2.24) is 4.98 Å². The number of hydrogen-bond acceptors (Lipinski definition) is 2. The van der Waals surface area contributed by atoms with Gasteiger partial charge in [0.1, 0.15) is 0 Å². The summed E-state index contributed by atoms with van der Waals surface area (Å²) in [6, 6.07) is 1.22. The Kier molecular flexibility index (Phi) is 1.98. The van der Waals surface area contributed by atoms with E-state index in [-0.39, 0.29) is 10.6 Å². The number of carboxylic acids is 1. The van der Waals surface area contributed by atoms with Gasteiger partial charge in [-0.05, 0) is 11.6 Å². The van der Waals surface area contributed by atoms with Crippen LogP contribution in [0.3, 0.4) is 0 Å². The van der Waals surface area contributed by atoms with E-state index in [0.29, 0.717) is 0 Å². The van der Waals surface area contributed by atoms with E-state index in [4.69, 9.17) is 16.7 Å². The van der Waals surface area contributed by atoms with Crippen molar-refractivity contribution in [2.45, 2.75) is 17.8 Å². The van der Waals surface area contributed by atoms with Crippen LogP contribution >= 0.6 is 11.6 Å². The molecule has 0 spiro atoms. The van der Waals surface area contributed by atoms with Crippen LogP contribution in [0.1, 0.15) is 12.0 Å². The first-order chi connectivity index (χ1) is 6.92. The van der Waals surface area contributed by atoms with Crippen LogP contribution in [-0.4, -0.2) is 22.0 Å². The number of rotatable bonds is 2. The largest absolute Gasteiger partial charge is 0.480 e. The number of aromatic nitrogens is 1. The van der Waals surface area contributed by atoms with Crippen LogP contribution in [-0.2, 0) is 10.2 Å². The molecule has 80 valence electrons. The fraction of sp³-hybridized carbons (Fsp3) is 0.333. The van der Waals surface area contributed by atoms with Gasteiger partial charge in [-0.25, -0.2) is 8.78 Å². The van der Waals surface area contributed by atoms with Crippen molar-refractivity contribution in [2.24, 2.45) is 0 Å². The summed E-state index contributed by atoms with van der Waals surface area (Å²) >= 11 is 5.66. The van der Waals surface area contributed by atoms with Gasteiger partial charge in [0, 0.05) is 18.8 Å². The van der Waals surface area contributed by atoms with Crippen LogP contribution in [0.15, 0.2) is 18.5 Å². The molecule has 0 amide bonds. The number of halogens is 3. The average Bonchev–Trinajstić information content (AvgIpc) is 2.71. The van der Waals surface area contributed by atoms with E-state index < -0.39 is 23.7 Å². The van der Waals surface area contributed by atoms with Crippen molar-refractivity contribution in [3.63, 3.8) is 0 Å². The van der Waals surface area contributed by atoms with Crippen LogP contribution in [0.4, 0.5) is 8.78 Å². The van der Waals surface area contributed by atoms with Gasteiger partial charge in [0.25, 0.3) is 5.92 Å². The normalized spacial score (nSPS) is 27.4. The number of carbonyl (C=O) groups is 1. The predicted molar refractivity (Wildman–Crippen MR) is 48.1 cm³/mol. The summed E-state index contributed by atoms with van der Waals surface area (Å²) in [6.07, 6.45) is 1.70. The molecule has 1 aromatic heterocycles. The molecule has 0 radical (unpaired) electrons. The van der Waals surface area contributed by atoms with Crippen molar-refractivity contribution in [1.29, 1.82) is 0 Å². The van der Waals surface area contributed by atoms with Crippen molar-refractivity contribution in [3.8, 4) is 0 Å². The third-order valence-electron chi connectivity index (χ3n) is 2.58. The highest BCUT2D eigenvalue weighted by molar-refractivity contribution is 6.31. The molecule has 0 aliphatic heterocycles. The summed E-state index contributed by atoms with van der Waals surface area (Å²) in [6.45, 7) is 0. The Balaban J connectivity index is 2.55. The monoisotopic (exact) mass is 233 g/mol. The summed E-state index contributed by atoms with van der Waals surface area (Å²) in [7, 11) is 0. The molecule has 1 aromatic rings. The molecule has 3 nitrogen and oxygen atoms in total. The van der Waals surface area contributed by atoms with Gasteiger partial charge >= 0.3 is 5.97 Å². The first-order valence-corrected chi connectivity index (χ1v) is 4.51. The quantitative estimate of drug-likeness (QED) is 0.851. The van der Waals surface area contributed by atoms with E-state index in [9.17, 15) is 13.6 Å². The van der Waals surface area contributed by atoms with Gasteiger partial charge in [0.2, 0.25) is 0 Å². The Hall–Kier alpha value is -1.23. The lowest BCUT2D eigenvalue weighted by atomic mass is 9.96. The van der Waals surface area contributed by atoms with E-state index >= 15 is 0 Å². The van der Waals surface area contributed by atoms with E-state index in [0.717, 1.165) is 6.20 Å². The van der Waals surface area contributed by atoms with E-state index in [1.807, 2.05) is 0 Å². The molecule has 1 unspecified atom stereocenters. The van der Waals surface area contributed by atoms with Crippen LogP contribution < -0.4 is 0 Å². The van der Waals surface area contributed by atoms with Crippen molar-refractivity contribution >= 4 is 17.6 Å². The van der Waals surface area contributed by atoms with Gasteiger partial charge in [-0.3, -0.25) is 9.78 Å². The zero-order valence-electron chi connectivity index (χ0n) is 7.38. The summed E-state index contributed by atoms with van der Waals surface area (Å²) in [4.78, 5) is 14.5. The highest BCUT2D eigenvalue weighted by Gasteiger charge is 2.77. The van der Waals surface area contributed by atoms with Crippen LogP contribution in [0.5, 0.6) is 0 Å². The summed E-state index contributed by atoms with van der Waals surface area (Å²) in [5.74, 6) is -4.79.